The van der Waals surface area contributed by atoms with Gasteiger partial charge in [-0.1, -0.05) is 6.07 Å². The van der Waals surface area contributed by atoms with Crippen molar-refractivity contribution in [2.45, 2.75) is 18.9 Å². The number of hydrogen-bond donors (Lipinski definition) is 2. The molecule has 1 saturated heterocycles. The molecule has 1 aliphatic heterocycles. The standard InChI is InChI=1S/C15H19N5OS/c1-16-10-14(21)20-8-3-5-12(20)11-4-2-6-13(18-11)19-15-17-7-9-22-15/h2,4,6-7,9,12,16H,3,5,8,10H2,1H3,(H,17,18,19)/t12-/m1/s1. The third-order valence-electron chi connectivity index (χ3n) is 3.68. The number of rotatable bonds is 5. The molecular weight excluding hydrogens is 298 g/mol. The Hall–Kier alpha value is -1.99. The van der Waals surface area contributed by atoms with Crippen molar-refractivity contribution >= 4 is 28.2 Å². The van der Waals surface area contributed by atoms with Crippen LogP contribution in [-0.4, -0.2) is 40.9 Å². The third-order valence-corrected chi connectivity index (χ3v) is 4.37. The fraction of sp³-hybridized carbons (Fsp3) is 0.400. The first-order valence-electron chi connectivity index (χ1n) is 7.35. The number of pyridine rings is 1. The highest BCUT2D eigenvalue weighted by molar-refractivity contribution is 7.13. The van der Waals surface area contributed by atoms with Gasteiger partial charge in [-0.2, -0.15) is 0 Å². The molecule has 2 aromatic rings. The number of carbonyl (C=O) groups is 1. The molecule has 0 aliphatic carbocycles. The molecule has 0 unspecified atom stereocenters. The van der Waals surface area contributed by atoms with Gasteiger partial charge in [-0.15, -0.1) is 11.3 Å². The second kappa shape index (κ2) is 6.85. The fourth-order valence-corrected chi connectivity index (χ4v) is 3.26. The molecule has 0 bridgehead atoms. The zero-order valence-electron chi connectivity index (χ0n) is 12.5. The van der Waals surface area contributed by atoms with Gasteiger partial charge in [0.1, 0.15) is 5.82 Å². The van der Waals surface area contributed by atoms with E-state index in [1.54, 1.807) is 13.2 Å². The van der Waals surface area contributed by atoms with Crippen molar-refractivity contribution in [1.82, 2.24) is 20.2 Å². The number of likely N-dealkylation sites (tertiary alicyclic amines) is 1. The maximum absolute atomic E-state index is 12.2. The molecule has 3 heterocycles. The molecule has 1 amide bonds. The SMILES string of the molecule is CNCC(=O)N1CCC[C@@H]1c1cccc(Nc2nccs2)n1. The quantitative estimate of drug-likeness (QED) is 0.884. The number of anilines is 2. The average molecular weight is 317 g/mol. The molecule has 1 atom stereocenters. The monoisotopic (exact) mass is 317 g/mol. The highest BCUT2D eigenvalue weighted by Crippen LogP contribution is 2.31. The first kappa shape index (κ1) is 14.9. The number of hydrogen-bond acceptors (Lipinski definition) is 6. The number of nitrogens with one attached hydrogen (secondary N) is 2. The highest BCUT2D eigenvalue weighted by atomic mass is 32.1. The van der Waals surface area contributed by atoms with E-state index >= 15 is 0 Å². The molecule has 1 aliphatic rings. The molecule has 2 N–H and O–H groups in total. The topological polar surface area (TPSA) is 70.2 Å². The van der Waals surface area contributed by atoms with Gasteiger partial charge in [0.15, 0.2) is 5.13 Å². The molecule has 7 heteroatoms. The number of amides is 1. The van der Waals surface area contributed by atoms with Gasteiger partial charge in [-0.3, -0.25) is 4.79 Å². The Balaban J connectivity index is 1.77. The second-order valence-electron chi connectivity index (χ2n) is 5.19. The van der Waals surface area contributed by atoms with E-state index in [1.807, 2.05) is 28.5 Å². The largest absolute Gasteiger partial charge is 0.333 e. The molecule has 22 heavy (non-hydrogen) atoms. The summed E-state index contributed by atoms with van der Waals surface area (Å²) in [4.78, 5) is 23.0. The Morgan fingerprint density at radius 2 is 2.41 bits per heavy atom. The van der Waals surface area contributed by atoms with Crippen LogP contribution in [0.25, 0.3) is 0 Å². The average Bonchev–Trinajstić information content (AvgIpc) is 3.19. The van der Waals surface area contributed by atoms with Gasteiger partial charge in [-0.25, -0.2) is 9.97 Å². The van der Waals surface area contributed by atoms with E-state index in [2.05, 4.69) is 20.6 Å². The summed E-state index contributed by atoms with van der Waals surface area (Å²) in [6.07, 6.45) is 3.74. The van der Waals surface area contributed by atoms with Crippen LogP contribution >= 0.6 is 11.3 Å². The van der Waals surface area contributed by atoms with E-state index in [0.29, 0.717) is 6.54 Å². The van der Waals surface area contributed by atoms with Crippen LogP contribution in [0.1, 0.15) is 24.6 Å². The van der Waals surface area contributed by atoms with E-state index in [0.717, 1.165) is 36.0 Å². The van der Waals surface area contributed by atoms with Crippen LogP contribution in [0.3, 0.4) is 0 Å². The molecule has 0 spiro atoms. The molecule has 0 saturated carbocycles. The Labute approximate surface area is 133 Å². The summed E-state index contributed by atoms with van der Waals surface area (Å²) in [7, 11) is 1.79. The number of carbonyl (C=O) groups excluding carboxylic acids is 1. The summed E-state index contributed by atoms with van der Waals surface area (Å²) in [5, 5.41) is 8.86. The van der Waals surface area contributed by atoms with Crippen LogP contribution in [0.5, 0.6) is 0 Å². The first-order chi connectivity index (χ1) is 10.8. The molecular formula is C15H19N5OS. The normalized spacial score (nSPS) is 17.7. The molecule has 0 aromatic carbocycles. The minimum atomic E-state index is 0.0684. The number of likely N-dealkylation sites (N-methyl/N-ethyl adjacent to an activating group) is 1. The van der Waals surface area contributed by atoms with E-state index < -0.39 is 0 Å². The summed E-state index contributed by atoms with van der Waals surface area (Å²) in [6, 6.07) is 5.94. The lowest BCUT2D eigenvalue weighted by molar-refractivity contribution is -0.131. The summed E-state index contributed by atoms with van der Waals surface area (Å²) < 4.78 is 0. The number of thiazole rings is 1. The molecule has 6 nitrogen and oxygen atoms in total. The van der Waals surface area contributed by atoms with Crippen LogP contribution < -0.4 is 10.6 Å². The van der Waals surface area contributed by atoms with Crippen molar-refractivity contribution in [1.29, 1.82) is 0 Å². The number of nitrogens with zero attached hydrogens (tertiary/aromatic N) is 3. The summed E-state index contributed by atoms with van der Waals surface area (Å²) in [5.41, 5.74) is 0.934. The molecule has 2 aromatic heterocycles. The van der Waals surface area contributed by atoms with E-state index in [-0.39, 0.29) is 11.9 Å². The zero-order valence-corrected chi connectivity index (χ0v) is 13.3. The van der Waals surface area contributed by atoms with Crippen LogP contribution in [0.15, 0.2) is 29.8 Å². The van der Waals surface area contributed by atoms with Crippen LogP contribution in [0, 0.1) is 0 Å². The second-order valence-corrected chi connectivity index (χ2v) is 6.08. The lowest BCUT2D eigenvalue weighted by Gasteiger charge is -2.24. The predicted octanol–water partition coefficient (Wildman–Crippen LogP) is 2.16. The summed E-state index contributed by atoms with van der Waals surface area (Å²) in [5.74, 6) is 0.894. The van der Waals surface area contributed by atoms with Gasteiger partial charge in [0.05, 0.1) is 18.3 Å². The van der Waals surface area contributed by atoms with E-state index in [9.17, 15) is 4.79 Å². The summed E-state index contributed by atoms with van der Waals surface area (Å²) in [6.45, 7) is 1.17. The predicted molar refractivity (Wildman–Crippen MR) is 87.2 cm³/mol. The van der Waals surface area contributed by atoms with Gasteiger partial charge in [0.25, 0.3) is 0 Å². The third kappa shape index (κ3) is 3.26. The highest BCUT2D eigenvalue weighted by Gasteiger charge is 2.30. The Morgan fingerprint density at radius 3 is 3.18 bits per heavy atom. The lowest BCUT2D eigenvalue weighted by Crippen LogP contribution is -2.36. The smallest absolute Gasteiger partial charge is 0.237 e. The molecule has 116 valence electrons. The Bertz CT molecular complexity index is 631. The van der Waals surface area contributed by atoms with Crippen LogP contribution in [-0.2, 0) is 4.79 Å². The van der Waals surface area contributed by atoms with Crippen LogP contribution in [0.2, 0.25) is 0 Å². The van der Waals surface area contributed by atoms with Crippen molar-refractivity contribution in [2.24, 2.45) is 0 Å². The fourth-order valence-electron chi connectivity index (χ4n) is 2.73. The van der Waals surface area contributed by atoms with Crippen molar-refractivity contribution in [3.63, 3.8) is 0 Å². The van der Waals surface area contributed by atoms with Crippen molar-refractivity contribution < 1.29 is 4.79 Å². The molecule has 3 rings (SSSR count). The summed E-state index contributed by atoms with van der Waals surface area (Å²) >= 11 is 1.53. The zero-order chi connectivity index (χ0) is 15.4. The van der Waals surface area contributed by atoms with Crippen molar-refractivity contribution in [3.05, 3.63) is 35.5 Å². The Kier molecular flexibility index (Phi) is 4.65. The van der Waals surface area contributed by atoms with Gasteiger partial charge in [-0.05, 0) is 32.0 Å². The number of aromatic nitrogens is 2. The van der Waals surface area contributed by atoms with Crippen molar-refractivity contribution in [2.75, 3.05) is 25.5 Å². The van der Waals surface area contributed by atoms with Crippen LogP contribution in [0.4, 0.5) is 10.9 Å². The maximum atomic E-state index is 12.2. The molecule has 1 fully saturated rings. The van der Waals surface area contributed by atoms with Gasteiger partial charge in [0, 0.05) is 18.1 Å². The lowest BCUT2D eigenvalue weighted by atomic mass is 10.1. The van der Waals surface area contributed by atoms with Gasteiger partial charge < -0.3 is 15.5 Å². The minimum absolute atomic E-state index is 0.0684. The Morgan fingerprint density at radius 1 is 1.50 bits per heavy atom. The van der Waals surface area contributed by atoms with E-state index in [4.69, 9.17) is 0 Å². The first-order valence-corrected chi connectivity index (χ1v) is 8.23. The maximum Gasteiger partial charge on any atom is 0.237 e. The van der Waals surface area contributed by atoms with Gasteiger partial charge in [0.2, 0.25) is 5.91 Å². The van der Waals surface area contributed by atoms with Gasteiger partial charge >= 0.3 is 0 Å². The molecule has 0 radical (unpaired) electrons. The van der Waals surface area contributed by atoms with Crippen molar-refractivity contribution in [3.8, 4) is 0 Å². The van der Waals surface area contributed by atoms with E-state index in [1.165, 1.54) is 11.3 Å². The minimum Gasteiger partial charge on any atom is -0.333 e.